The van der Waals surface area contributed by atoms with E-state index >= 15 is 0 Å². The van der Waals surface area contributed by atoms with E-state index in [2.05, 4.69) is 10.0 Å². The highest BCUT2D eigenvalue weighted by Gasteiger charge is 2.39. The number of hydrogen-bond acceptors (Lipinski definition) is 3. The van der Waals surface area contributed by atoms with E-state index in [0.717, 1.165) is 24.5 Å². The topological polar surface area (TPSA) is 75.3 Å². The quantitative estimate of drug-likeness (QED) is 0.888. The summed E-state index contributed by atoms with van der Waals surface area (Å²) in [7, 11) is -3.68. The highest BCUT2D eigenvalue weighted by Crippen LogP contribution is 2.40. The molecule has 1 fully saturated rings. The maximum absolute atomic E-state index is 12.8. The Morgan fingerprint density at radius 2 is 1.86 bits per heavy atom. The van der Waals surface area contributed by atoms with E-state index in [4.69, 9.17) is 0 Å². The maximum atomic E-state index is 12.8. The summed E-state index contributed by atoms with van der Waals surface area (Å²) in [5, 5.41) is 2.37. The van der Waals surface area contributed by atoms with Gasteiger partial charge in [-0.25, -0.2) is 8.42 Å². The van der Waals surface area contributed by atoms with E-state index in [0.29, 0.717) is 6.42 Å². The van der Waals surface area contributed by atoms with Crippen molar-refractivity contribution in [3.8, 4) is 0 Å². The van der Waals surface area contributed by atoms with E-state index < -0.39 is 27.7 Å². The number of carbonyl (C=O) groups is 1. The van der Waals surface area contributed by atoms with Crippen LogP contribution in [0.3, 0.4) is 0 Å². The molecule has 0 unspecified atom stereocenters. The maximum Gasteiger partial charge on any atom is 0.416 e. The van der Waals surface area contributed by atoms with Gasteiger partial charge in [0.15, 0.2) is 0 Å². The van der Waals surface area contributed by atoms with E-state index in [1.54, 1.807) is 0 Å². The van der Waals surface area contributed by atoms with Crippen LogP contribution in [0.25, 0.3) is 0 Å². The highest BCUT2D eigenvalue weighted by molar-refractivity contribution is 7.92. The Morgan fingerprint density at radius 1 is 1.27 bits per heavy atom. The minimum absolute atomic E-state index is 0.0999. The predicted octanol–water partition coefficient (Wildman–Crippen LogP) is 2.67. The fourth-order valence-electron chi connectivity index (χ4n) is 2.03. The molecule has 1 aromatic carbocycles. The van der Waals surface area contributed by atoms with Gasteiger partial charge in [-0.3, -0.25) is 9.52 Å². The minimum Gasteiger partial charge on any atom is -0.324 e. The third kappa shape index (κ3) is 4.12. The molecular weight excluding hydrogens is 321 g/mol. The lowest BCUT2D eigenvalue weighted by atomic mass is 10.1. The van der Waals surface area contributed by atoms with Gasteiger partial charge in [0.1, 0.15) is 0 Å². The third-order valence-electron chi connectivity index (χ3n) is 3.35. The second-order valence-corrected chi connectivity index (χ2v) is 7.19. The average Bonchev–Trinajstić information content (AvgIpc) is 3.05. The van der Waals surface area contributed by atoms with Crippen LogP contribution in [-0.4, -0.2) is 20.6 Å². The van der Waals surface area contributed by atoms with Crippen LogP contribution < -0.4 is 10.0 Å². The summed E-state index contributed by atoms with van der Waals surface area (Å²) >= 11 is 0. The first-order valence-electron chi connectivity index (χ1n) is 6.47. The molecule has 0 spiro atoms. The molecule has 1 aliphatic carbocycles. The Morgan fingerprint density at radius 3 is 2.32 bits per heavy atom. The van der Waals surface area contributed by atoms with E-state index in [1.165, 1.54) is 0 Å². The summed E-state index contributed by atoms with van der Waals surface area (Å²) in [6, 6.07) is 2.46. The van der Waals surface area contributed by atoms with Crippen molar-refractivity contribution in [3.63, 3.8) is 0 Å². The van der Waals surface area contributed by atoms with Gasteiger partial charge in [0.05, 0.1) is 23.2 Å². The van der Waals surface area contributed by atoms with Gasteiger partial charge < -0.3 is 5.32 Å². The van der Waals surface area contributed by atoms with Gasteiger partial charge in [0.25, 0.3) is 0 Å². The highest BCUT2D eigenvalue weighted by atomic mass is 32.2. The van der Waals surface area contributed by atoms with Crippen molar-refractivity contribution in [1.29, 1.82) is 0 Å². The molecule has 1 aliphatic rings. The SMILES string of the molecule is C[C@@H]1C[C@@H]1C(=O)Nc1cc(C(F)(F)F)ccc1NS(C)(=O)=O. The minimum atomic E-state index is -4.59. The van der Waals surface area contributed by atoms with Crippen molar-refractivity contribution in [3.05, 3.63) is 23.8 Å². The van der Waals surface area contributed by atoms with Crippen molar-refractivity contribution >= 4 is 27.3 Å². The van der Waals surface area contributed by atoms with Crippen molar-refractivity contribution in [1.82, 2.24) is 0 Å². The second kappa shape index (κ2) is 5.45. The third-order valence-corrected chi connectivity index (χ3v) is 3.94. The molecule has 9 heteroatoms. The van der Waals surface area contributed by atoms with Crippen LogP contribution in [0.4, 0.5) is 24.5 Å². The van der Waals surface area contributed by atoms with Crippen LogP contribution in [0, 0.1) is 11.8 Å². The number of amides is 1. The van der Waals surface area contributed by atoms with E-state index in [1.807, 2.05) is 6.92 Å². The molecule has 0 aromatic heterocycles. The molecule has 2 N–H and O–H groups in total. The van der Waals surface area contributed by atoms with Gasteiger partial charge in [0.2, 0.25) is 15.9 Å². The van der Waals surface area contributed by atoms with Gasteiger partial charge in [-0.15, -0.1) is 0 Å². The molecule has 1 aromatic rings. The lowest BCUT2D eigenvalue weighted by Gasteiger charge is -2.15. The van der Waals surface area contributed by atoms with Gasteiger partial charge in [-0.05, 0) is 30.5 Å². The monoisotopic (exact) mass is 336 g/mol. The Labute approximate surface area is 125 Å². The van der Waals surface area contributed by atoms with Crippen LogP contribution >= 0.6 is 0 Å². The summed E-state index contributed by atoms with van der Waals surface area (Å²) in [6.07, 6.45) is -3.05. The van der Waals surface area contributed by atoms with Crippen molar-refractivity contribution < 1.29 is 26.4 Å². The molecule has 1 saturated carbocycles. The summed E-state index contributed by atoms with van der Waals surface area (Å²) < 4.78 is 62.9. The molecule has 0 radical (unpaired) electrons. The number of nitrogens with one attached hydrogen (secondary N) is 2. The molecule has 0 heterocycles. The van der Waals surface area contributed by atoms with Crippen LogP contribution in [0.2, 0.25) is 0 Å². The fourth-order valence-corrected chi connectivity index (χ4v) is 2.60. The van der Waals surface area contributed by atoms with Crippen molar-refractivity contribution in [2.45, 2.75) is 19.5 Å². The van der Waals surface area contributed by atoms with Crippen LogP contribution in [0.5, 0.6) is 0 Å². The number of rotatable bonds is 4. The van der Waals surface area contributed by atoms with Gasteiger partial charge in [0, 0.05) is 5.92 Å². The molecule has 22 heavy (non-hydrogen) atoms. The molecule has 0 saturated heterocycles. The summed E-state index contributed by atoms with van der Waals surface area (Å²) in [4.78, 5) is 11.9. The average molecular weight is 336 g/mol. The Balaban J connectivity index is 2.34. The fraction of sp³-hybridized carbons (Fsp3) is 0.462. The normalized spacial score (nSPS) is 21.3. The molecule has 1 amide bonds. The molecule has 0 aliphatic heterocycles. The Hall–Kier alpha value is -1.77. The molecule has 2 rings (SSSR count). The zero-order chi connectivity index (χ0) is 16.7. The van der Waals surface area contributed by atoms with Crippen LogP contribution in [-0.2, 0) is 21.0 Å². The largest absolute Gasteiger partial charge is 0.416 e. The number of alkyl halides is 3. The van der Waals surface area contributed by atoms with Crippen molar-refractivity contribution in [2.75, 3.05) is 16.3 Å². The number of sulfonamides is 1. The van der Waals surface area contributed by atoms with Crippen LogP contribution in [0.1, 0.15) is 18.9 Å². The molecule has 2 atom stereocenters. The van der Waals surface area contributed by atoms with Crippen LogP contribution in [0.15, 0.2) is 18.2 Å². The van der Waals surface area contributed by atoms with Crippen molar-refractivity contribution in [2.24, 2.45) is 11.8 Å². The molecule has 5 nitrogen and oxygen atoms in total. The first-order valence-corrected chi connectivity index (χ1v) is 8.36. The molecule has 0 bridgehead atoms. The molecular formula is C13H15F3N2O3S. The smallest absolute Gasteiger partial charge is 0.324 e. The number of benzene rings is 1. The lowest BCUT2D eigenvalue weighted by Crippen LogP contribution is -2.18. The first-order chi connectivity index (χ1) is 9.97. The summed E-state index contributed by atoms with van der Waals surface area (Å²) in [5.74, 6) is -0.485. The number of halogens is 3. The van der Waals surface area contributed by atoms with Gasteiger partial charge >= 0.3 is 6.18 Å². The second-order valence-electron chi connectivity index (χ2n) is 5.44. The number of hydrogen-bond donors (Lipinski definition) is 2. The lowest BCUT2D eigenvalue weighted by molar-refractivity contribution is -0.137. The summed E-state index contributed by atoms with van der Waals surface area (Å²) in [6.45, 7) is 1.85. The van der Waals surface area contributed by atoms with E-state index in [-0.39, 0.29) is 23.2 Å². The predicted molar refractivity (Wildman–Crippen MR) is 75.8 cm³/mol. The van der Waals surface area contributed by atoms with E-state index in [9.17, 15) is 26.4 Å². The standard InChI is InChI=1S/C13H15F3N2O3S/c1-7-5-9(7)12(19)17-11-6-8(13(14,15)16)3-4-10(11)18-22(2,20)21/h3-4,6-7,9,18H,5H2,1-2H3,(H,17,19)/t7-,9+/m1/s1. The number of carbonyl (C=O) groups excluding carboxylic acids is 1. The van der Waals surface area contributed by atoms with Gasteiger partial charge in [-0.1, -0.05) is 6.92 Å². The zero-order valence-corrected chi connectivity index (χ0v) is 12.7. The molecule has 122 valence electrons. The van der Waals surface area contributed by atoms with Gasteiger partial charge in [-0.2, -0.15) is 13.2 Å². The Bertz CT molecular complexity index is 701. The Kier molecular flexibility index (Phi) is 4.12. The zero-order valence-electron chi connectivity index (χ0n) is 11.9. The first kappa shape index (κ1) is 16.6. The number of anilines is 2. The summed E-state index contributed by atoms with van der Waals surface area (Å²) in [5.41, 5.74) is -1.27.